The van der Waals surface area contributed by atoms with E-state index in [-0.39, 0.29) is 11.3 Å². The lowest BCUT2D eigenvalue weighted by Gasteiger charge is -2.08. The van der Waals surface area contributed by atoms with Crippen molar-refractivity contribution in [2.75, 3.05) is 12.4 Å². The molecule has 1 heterocycles. The molecule has 4 aromatic rings. The van der Waals surface area contributed by atoms with Crippen LogP contribution in [-0.2, 0) is 0 Å². The molecule has 0 aliphatic rings. The second kappa shape index (κ2) is 7.87. The highest BCUT2D eigenvalue weighted by Gasteiger charge is 2.11. The van der Waals surface area contributed by atoms with Crippen molar-refractivity contribution >= 4 is 22.6 Å². The fourth-order valence-electron chi connectivity index (χ4n) is 3.41. The monoisotopic (exact) mass is 399 g/mol. The highest BCUT2D eigenvalue weighted by molar-refractivity contribution is 6.04. The maximum atomic E-state index is 12.6. The number of hydrogen-bond acceptors (Lipinski definition) is 4. The molecule has 0 spiro atoms. The van der Waals surface area contributed by atoms with Crippen LogP contribution in [0.4, 0.5) is 5.69 Å². The minimum Gasteiger partial charge on any atom is -0.497 e. The number of aryl methyl sites for hydroxylation is 2. The van der Waals surface area contributed by atoms with E-state index in [0.717, 1.165) is 22.4 Å². The summed E-state index contributed by atoms with van der Waals surface area (Å²) in [5.74, 6) is 0.971. The van der Waals surface area contributed by atoms with Crippen molar-refractivity contribution in [3.8, 4) is 17.1 Å². The molecule has 0 atom stereocenters. The molecule has 3 aromatic carbocycles. The van der Waals surface area contributed by atoms with Gasteiger partial charge in [0.25, 0.3) is 5.91 Å². The van der Waals surface area contributed by atoms with Crippen LogP contribution in [0.5, 0.6) is 5.75 Å². The van der Waals surface area contributed by atoms with Crippen LogP contribution in [0, 0.1) is 13.8 Å². The maximum absolute atomic E-state index is 12.6. The van der Waals surface area contributed by atoms with Crippen LogP contribution in [0.25, 0.3) is 22.3 Å². The summed E-state index contributed by atoms with van der Waals surface area (Å²) in [4.78, 5) is 25.1. The van der Waals surface area contributed by atoms with Crippen molar-refractivity contribution in [1.82, 2.24) is 0 Å². The number of nitrogens with one attached hydrogen (secondary N) is 1. The van der Waals surface area contributed by atoms with Gasteiger partial charge in [-0.15, -0.1) is 0 Å². The van der Waals surface area contributed by atoms with Crippen molar-refractivity contribution in [3.05, 3.63) is 93.6 Å². The van der Waals surface area contributed by atoms with Crippen molar-refractivity contribution in [2.24, 2.45) is 0 Å². The van der Waals surface area contributed by atoms with Gasteiger partial charge in [-0.3, -0.25) is 9.59 Å². The molecular weight excluding hydrogens is 378 g/mol. The lowest BCUT2D eigenvalue weighted by atomic mass is 10.1. The van der Waals surface area contributed by atoms with Crippen LogP contribution in [0.15, 0.2) is 75.9 Å². The molecule has 0 aliphatic carbocycles. The van der Waals surface area contributed by atoms with Crippen molar-refractivity contribution in [1.29, 1.82) is 0 Å². The Morgan fingerprint density at radius 2 is 1.63 bits per heavy atom. The SMILES string of the molecule is COc1ccc(NC(=O)c2ccc(-c3cc(=O)c4cc(C)cc(C)c4o3)cc2)cc1. The summed E-state index contributed by atoms with van der Waals surface area (Å²) in [5, 5.41) is 3.42. The minimum absolute atomic E-state index is 0.0839. The lowest BCUT2D eigenvalue weighted by molar-refractivity contribution is 0.102. The molecule has 1 aromatic heterocycles. The van der Waals surface area contributed by atoms with E-state index in [2.05, 4.69) is 5.32 Å². The van der Waals surface area contributed by atoms with Crippen LogP contribution in [0.2, 0.25) is 0 Å². The number of anilines is 1. The van der Waals surface area contributed by atoms with Gasteiger partial charge in [-0.25, -0.2) is 0 Å². The van der Waals surface area contributed by atoms with E-state index < -0.39 is 0 Å². The number of rotatable bonds is 4. The Kier molecular flexibility index (Phi) is 5.11. The molecule has 0 saturated carbocycles. The molecule has 0 radical (unpaired) electrons. The van der Waals surface area contributed by atoms with Gasteiger partial charge in [0.15, 0.2) is 5.43 Å². The minimum atomic E-state index is -0.224. The Hall–Kier alpha value is -3.86. The second-order valence-corrected chi connectivity index (χ2v) is 7.19. The molecule has 30 heavy (non-hydrogen) atoms. The average Bonchev–Trinajstić information content (AvgIpc) is 2.75. The number of benzene rings is 3. The smallest absolute Gasteiger partial charge is 0.255 e. The third kappa shape index (κ3) is 3.82. The number of amides is 1. The number of carbonyl (C=O) groups is 1. The van der Waals surface area contributed by atoms with Gasteiger partial charge in [-0.2, -0.15) is 0 Å². The second-order valence-electron chi connectivity index (χ2n) is 7.19. The molecule has 150 valence electrons. The van der Waals surface area contributed by atoms with E-state index in [1.165, 1.54) is 6.07 Å². The molecule has 4 rings (SSSR count). The standard InChI is InChI=1S/C25H21NO4/c1-15-12-16(2)24-21(13-15)22(27)14-23(30-24)17-4-6-18(7-5-17)25(28)26-19-8-10-20(29-3)11-9-19/h4-14H,1-3H3,(H,26,28). The van der Waals surface area contributed by atoms with Crippen LogP contribution in [0.1, 0.15) is 21.5 Å². The van der Waals surface area contributed by atoms with Gasteiger partial charge in [0.05, 0.1) is 12.5 Å². The Bertz CT molecular complexity index is 1290. The number of methoxy groups -OCH3 is 1. The first kappa shape index (κ1) is 19.5. The maximum Gasteiger partial charge on any atom is 0.255 e. The molecule has 0 fully saturated rings. The molecule has 0 bridgehead atoms. The van der Waals surface area contributed by atoms with Gasteiger partial charge in [-0.05, 0) is 67.4 Å². The average molecular weight is 399 g/mol. The summed E-state index contributed by atoms with van der Waals surface area (Å²) in [6.45, 7) is 3.88. The fraction of sp³-hybridized carbons (Fsp3) is 0.120. The van der Waals surface area contributed by atoms with Crippen LogP contribution in [0.3, 0.4) is 0 Å². The Balaban J connectivity index is 1.60. The summed E-state index contributed by atoms with van der Waals surface area (Å²) in [6, 6.07) is 19.4. The van der Waals surface area contributed by atoms with Gasteiger partial charge in [0, 0.05) is 22.9 Å². The zero-order chi connectivity index (χ0) is 21.3. The number of ether oxygens (including phenoxy) is 1. The van der Waals surface area contributed by atoms with E-state index in [0.29, 0.717) is 28.0 Å². The number of hydrogen-bond donors (Lipinski definition) is 1. The molecule has 1 amide bonds. The van der Waals surface area contributed by atoms with Gasteiger partial charge in [0.1, 0.15) is 17.1 Å². The van der Waals surface area contributed by atoms with E-state index in [9.17, 15) is 9.59 Å². The summed E-state index contributed by atoms with van der Waals surface area (Å²) in [6.07, 6.45) is 0. The highest BCUT2D eigenvalue weighted by atomic mass is 16.5. The van der Waals surface area contributed by atoms with Gasteiger partial charge in [0.2, 0.25) is 0 Å². The van der Waals surface area contributed by atoms with E-state index in [1.54, 1.807) is 55.6 Å². The van der Waals surface area contributed by atoms with Crippen LogP contribution < -0.4 is 15.5 Å². The quantitative estimate of drug-likeness (QED) is 0.503. The first-order valence-electron chi connectivity index (χ1n) is 9.55. The van der Waals surface area contributed by atoms with E-state index in [4.69, 9.17) is 9.15 Å². The molecule has 0 unspecified atom stereocenters. The lowest BCUT2D eigenvalue weighted by Crippen LogP contribution is -2.11. The van der Waals surface area contributed by atoms with Gasteiger partial charge < -0.3 is 14.5 Å². The van der Waals surface area contributed by atoms with Crippen LogP contribution >= 0.6 is 0 Å². The summed E-state index contributed by atoms with van der Waals surface area (Å²) in [5.41, 5.74) is 4.35. The zero-order valence-electron chi connectivity index (χ0n) is 17.0. The molecule has 0 aliphatic heterocycles. The largest absolute Gasteiger partial charge is 0.497 e. The first-order valence-corrected chi connectivity index (χ1v) is 9.55. The Morgan fingerprint density at radius 3 is 2.30 bits per heavy atom. The Labute approximate surface area is 173 Å². The molecule has 5 nitrogen and oxygen atoms in total. The van der Waals surface area contributed by atoms with Crippen LogP contribution in [-0.4, -0.2) is 13.0 Å². The number of fused-ring (bicyclic) bond motifs is 1. The van der Waals surface area contributed by atoms with Crippen molar-refractivity contribution in [3.63, 3.8) is 0 Å². The van der Waals surface area contributed by atoms with E-state index in [1.807, 2.05) is 26.0 Å². The molecule has 5 heteroatoms. The predicted molar refractivity (Wildman–Crippen MR) is 118 cm³/mol. The normalized spacial score (nSPS) is 10.8. The summed E-state index contributed by atoms with van der Waals surface area (Å²) in [7, 11) is 1.59. The van der Waals surface area contributed by atoms with Crippen molar-refractivity contribution in [2.45, 2.75) is 13.8 Å². The third-order valence-corrected chi connectivity index (χ3v) is 4.94. The topological polar surface area (TPSA) is 68.5 Å². The van der Waals surface area contributed by atoms with Crippen molar-refractivity contribution < 1.29 is 13.9 Å². The first-order chi connectivity index (χ1) is 14.4. The highest BCUT2D eigenvalue weighted by Crippen LogP contribution is 2.25. The van der Waals surface area contributed by atoms with Gasteiger partial charge >= 0.3 is 0 Å². The number of carbonyl (C=O) groups excluding carboxylic acids is 1. The molecule has 1 N–H and O–H groups in total. The summed E-state index contributed by atoms with van der Waals surface area (Å²) >= 11 is 0. The summed E-state index contributed by atoms with van der Waals surface area (Å²) < 4.78 is 11.1. The fourth-order valence-corrected chi connectivity index (χ4v) is 3.41. The van der Waals surface area contributed by atoms with Gasteiger partial charge in [-0.1, -0.05) is 18.2 Å². The molecule has 0 saturated heterocycles. The predicted octanol–water partition coefficient (Wildman–Crippen LogP) is 5.34. The van der Waals surface area contributed by atoms with E-state index >= 15 is 0 Å². The zero-order valence-corrected chi connectivity index (χ0v) is 17.0. The molecular formula is C25H21NO4. The Morgan fingerprint density at radius 1 is 0.933 bits per heavy atom. The third-order valence-electron chi connectivity index (χ3n) is 4.94.